The molecule has 0 saturated carbocycles. The van der Waals surface area contributed by atoms with E-state index in [1.165, 1.54) is 65.9 Å². The minimum atomic E-state index is -0.216. The van der Waals surface area contributed by atoms with Crippen molar-refractivity contribution in [3.05, 3.63) is 157 Å². The van der Waals surface area contributed by atoms with Crippen molar-refractivity contribution < 1.29 is 0 Å². The van der Waals surface area contributed by atoms with E-state index in [9.17, 15) is 0 Å². The lowest BCUT2D eigenvalue weighted by Gasteiger charge is -2.23. The van der Waals surface area contributed by atoms with Crippen molar-refractivity contribution in [2.24, 2.45) is 0 Å². The fourth-order valence-electron chi connectivity index (χ4n) is 8.26. The Morgan fingerprint density at radius 1 is 0.511 bits per heavy atom. The van der Waals surface area contributed by atoms with Crippen molar-refractivity contribution in [1.82, 2.24) is 19.1 Å². The summed E-state index contributed by atoms with van der Waals surface area (Å²) < 4.78 is 4.94. The zero-order chi connectivity index (χ0) is 31.3. The first kappa shape index (κ1) is 26.2. The largest absolute Gasteiger partial charge is 0.309 e. The Labute approximate surface area is 272 Å². The number of nitrogens with zero attached hydrogens (tertiary/aromatic N) is 4. The number of pyridine rings is 2. The molecule has 222 valence electrons. The summed E-state index contributed by atoms with van der Waals surface area (Å²) in [6, 6.07) is 47.8. The second-order valence-corrected chi connectivity index (χ2v) is 13.0. The van der Waals surface area contributed by atoms with Crippen LogP contribution in [-0.4, -0.2) is 19.1 Å². The van der Waals surface area contributed by atoms with Gasteiger partial charge in [-0.15, -0.1) is 0 Å². The minimum Gasteiger partial charge on any atom is -0.309 e. The first-order valence-electron chi connectivity index (χ1n) is 16.2. The molecule has 1 aliphatic carbocycles. The summed E-state index contributed by atoms with van der Waals surface area (Å²) >= 11 is 0. The molecule has 4 nitrogen and oxygen atoms in total. The van der Waals surface area contributed by atoms with Crippen molar-refractivity contribution in [3.63, 3.8) is 0 Å². The molecule has 47 heavy (non-hydrogen) atoms. The minimum absolute atomic E-state index is 0.216. The predicted molar refractivity (Wildman–Crippen MR) is 194 cm³/mol. The number of hydrogen-bond donors (Lipinski definition) is 0. The molecule has 0 aliphatic heterocycles. The van der Waals surface area contributed by atoms with Crippen molar-refractivity contribution in [1.29, 1.82) is 0 Å². The highest BCUT2D eigenvalue weighted by Gasteiger charge is 2.41. The molecule has 0 fully saturated rings. The van der Waals surface area contributed by atoms with Crippen LogP contribution >= 0.6 is 0 Å². The highest BCUT2D eigenvalue weighted by Crippen LogP contribution is 2.58. The van der Waals surface area contributed by atoms with Gasteiger partial charge in [-0.3, -0.25) is 9.97 Å². The fourth-order valence-corrected chi connectivity index (χ4v) is 8.26. The molecule has 0 N–H and O–H groups in total. The van der Waals surface area contributed by atoms with Crippen molar-refractivity contribution in [3.8, 4) is 33.9 Å². The van der Waals surface area contributed by atoms with E-state index in [-0.39, 0.29) is 5.41 Å². The van der Waals surface area contributed by atoms with Gasteiger partial charge in [-0.1, -0.05) is 98.8 Å². The Kier molecular flexibility index (Phi) is 5.31. The fraction of sp³-hybridized carbons (Fsp3) is 0.0698. The summed E-state index contributed by atoms with van der Waals surface area (Å²) in [7, 11) is 0. The highest BCUT2D eigenvalue weighted by molar-refractivity contribution is 6.31. The molecule has 0 spiro atoms. The molecule has 1 aliphatic rings. The summed E-state index contributed by atoms with van der Waals surface area (Å²) in [6.45, 7) is 4.79. The second-order valence-electron chi connectivity index (χ2n) is 13.0. The average molecular weight is 603 g/mol. The molecule has 10 rings (SSSR count). The van der Waals surface area contributed by atoms with Crippen molar-refractivity contribution >= 4 is 43.6 Å². The maximum Gasteiger partial charge on any atom is 0.0887 e. The van der Waals surface area contributed by atoms with Gasteiger partial charge in [0.25, 0.3) is 0 Å². The number of rotatable bonds is 3. The van der Waals surface area contributed by atoms with Gasteiger partial charge in [0, 0.05) is 44.4 Å². The van der Waals surface area contributed by atoms with Crippen LogP contribution in [0.2, 0.25) is 0 Å². The van der Waals surface area contributed by atoms with Crippen LogP contribution in [-0.2, 0) is 5.41 Å². The van der Waals surface area contributed by atoms with E-state index in [0.29, 0.717) is 0 Å². The molecule has 0 amide bonds. The van der Waals surface area contributed by atoms with Gasteiger partial charge in [-0.2, -0.15) is 0 Å². The van der Waals surface area contributed by atoms with Crippen molar-refractivity contribution in [2.75, 3.05) is 0 Å². The second kappa shape index (κ2) is 9.51. The van der Waals surface area contributed by atoms with Gasteiger partial charge in [0.1, 0.15) is 0 Å². The highest BCUT2D eigenvalue weighted by atomic mass is 15.0. The summed E-state index contributed by atoms with van der Waals surface area (Å²) in [5.41, 5.74) is 13.9. The van der Waals surface area contributed by atoms with Gasteiger partial charge in [-0.05, 0) is 65.2 Å². The lowest BCUT2D eigenvalue weighted by Crippen LogP contribution is -2.15. The van der Waals surface area contributed by atoms with Crippen LogP contribution < -0.4 is 0 Å². The predicted octanol–water partition coefficient (Wildman–Crippen LogP) is 10.6. The normalized spacial score (nSPS) is 13.5. The van der Waals surface area contributed by atoms with E-state index < -0.39 is 0 Å². The molecule has 0 radical (unpaired) electrons. The molecule has 4 aromatic heterocycles. The smallest absolute Gasteiger partial charge is 0.0887 e. The SMILES string of the molecule is CC1(C)c2ccccc2-c2c1c1c3ccccc3n(-c3ccc(-c4ccccn4)nc3)c1c1c3ccccc3n(-c3ccccc3)c21. The summed E-state index contributed by atoms with van der Waals surface area (Å²) in [5, 5.41) is 5.07. The first-order chi connectivity index (χ1) is 23.1. The van der Waals surface area contributed by atoms with Gasteiger partial charge in [0.2, 0.25) is 0 Å². The Balaban J connectivity index is 1.46. The number of fused-ring (bicyclic) bond motifs is 12. The van der Waals surface area contributed by atoms with Crippen LogP contribution in [0.4, 0.5) is 0 Å². The van der Waals surface area contributed by atoms with E-state index in [4.69, 9.17) is 4.98 Å². The molecule has 9 aromatic rings. The molecule has 0 bridgehead atoms. The quantitative estimate of drug-likeness (QED) is 0.202. The van der Waals surface area contributed by atoms with Gasteiger partial charge in [0.05, 0.1) is 45.3 Å². The van der Waals surface area contributed by atoms with E-state index in [2.05, 4.69) is 143 Å². The maximum atomic E-state index is 4.96. The van der Waals surface area contributed by atoms with Crippen LogP contribution in [0.25, 0.3) is 77.5 Å². The Hall–Kier alpha value is -6.00. The Morgan fingerprint density at radius 2 is 1.15 bits per heavy atom. The first-order valence-corrected chi connectivity index (χ1v) is 16.2. The van der Waals surface area contributed by atoms with E-state index in [0.717, 1.165) is 22.8 Å². The summed E-state index contributed by atoms with van der Waals surface area (Å²) in [5.74, 6) is 0. The number of benzene rings is 5. The molecule has 4 heteroatoms. The van der Waals surface area contributed by atoms with Gasteiger partial charge in [-0.25, -0.2) is 0 Å². The van der Waals surface area contributed by atoms with E-state index in [1.54, 1.807) is 0 Å². The lowest BCUT2D eigenvalue weighted by atomic mass is 9.80. The third-order valence-electron chi connectivity index (χ3n) is 10.2. The molecule has 5 aromatic carbocycles. The van der Waals surface area contributed by atoms with Crippen LogP contribution in [0.5, 0.6) is 0 Å². The molecular formula is C43H30N4. The van der Waals surface area contributed by atoms with Gasteiger partial charge < -0.3 is 9.13 Å². The number of hydrogen-bond acceptors (Lipinski definition) is 2. The lowest BCUT2D eigenvalue weighted by molar-refractivity contribution is 0.667. The van der Waals surface area contributed by atoms with Crippen LogP contribution in [0.3, 0.4) is 0 Å². The van der Waals surface area contributed by atoms with Gasteiger partial charge >= 0.3 is 0 Å². The number of para-hydroxylation sites is 3. The monoisotopic (exact) mass is 602 g/mol. The topological polar surface area (TPSA) is 35.6 Å². The maximum absolute atomic E-state index is 4.96. The molecule has 0 unspecified atom stereocenters. The molecule has 0 atom stereocenters. The zero-order valence-electron chi connectivity index (χ0n) is 26.1. The number of aromatic nitrogens is 4. The van der Waals surface area contributed by atoms with Gasteiger partial charge in [0.15, 0.2) is 0 Å². The average Bonchev–Trinajstić information content (AvgIpc) is 3.73. The van der Waals surface area contributed by atoms with Crippen LogP contribution in [0.1, 0.15) is 25.0 Å². The zero-order valence-corrected chi connectivity index (χ0v) is 26.1. The van der Waals surface area contributed by atoms with E-state index >= 15 is 0 Å². The standard InChI is InChI=1S/C43H30N4/c1-43(2)32-19-9-6-16-29(32)37-40(43)38-30-17-7-10-21-35(30)47(28-23-24-34(45-26-28)33-20-12-13-25-44-33)42(38)39-31-18-8-11-22-36(31)46(41(37)39)27-14-4-3-5-15-27/h3-26H,1-2H3. The third-order valence-corrected chi connectivity index (χ3v) is 10.2. The Bertz CT molecular complexity index is 2680. The van der Waals surface area contributed by atoms with Crippen molar-refractivity contribution in [2.45, 2.75) is 19.3 Å². The third kappa shape index (κ3) is 3.47. The molecule has 0 saturated heterocycles. The van der Waals surface area contributed by atoms with Crippen LogP contribution in [0, 0.1) is 0 Å². The molecular weight excluding hydrogens is 573 g/mol. The Morgan fingerprint density at radius 3 is 1.87 bits per heavy atom. The van der Waals surface area contributed by atoms with Crippen LogP contribution in [0.15, 0.2) is 146 Å². The summed E-state index contributed by atoms with van der Waals surface area (Å²) in [4.78, 5) is 9.51. The summed E-state index contributed by atoms with van der Waals surface area (Å²) in [6.07, 6.45) is 3.82. The molecule has 4 heterocycles. The van der Waals surface area contributed by atoms with E-state index in [1.807, 2.05) is 30.6 Å².